The number of carbonyl (C=O) groups excluding carboxylic acids is 1. The third-order valence-electron chi connectivity index (χ3n) is 6.77. The molecule has 0 amide bonds. The summed E-state index contributed by atoms with van der Waals surface area (Å²) in [5.41, 5.74) is 3.95. The molecule has 0 aromatic heterocycles. The SMILES string of the molecule is CCOC(=O)c1ccc(-c2ccc(OCCNCC(O)c3ccc(OCc4ccccc4)c(NS(C)(=O)=O)c3)cc2)cc1OCC. The minimum absolute atomic E-state index is 0.231. The Morgan fingerprint density at radius 1 is 0.826 bits per heavy atom. The summed E-state index contributed by atoms with van der Waals surface area (Å²) in [5, 5.41) is 13.9. The zero-order chi connectivity index (χ0) is 32.9. The highest BCUT2D eigenvalue weighted by Gasteiger charge is 2.16. The van der Waals surface area contributed by atoms with Crippen molar-refractivity contribution < 1.29 is 37.3 Å². The van der Waals surface area contributed by atoms with Crippen LogP contribution in [-0.4, -0.2) is 58.7 Å². The van der Waals surface area contributed by atoms with Gasteiger partial charge in [0.15, 0.2) is 0 Å². The van der Waals surface area contributed by atoms with E-state index in [4.69, 9.17) is 18.9 Å². The van der Waals surface area contributed by atoms with Crippen molar-refractivity contribution in [3.8, 4) is 28.4 Å². The van der Waals surface area contributed by atoms with Crippen molar-refractivity contribution >= 4 is 21.7 Å². The lowest BCUT2D eigenvalue weighted by molar-refractivity contribution is 0.0522. The van der Waals surface area contributed by atoms with Crippen molar-refractivity contribution in [1.82, 2.24) is 5.32 Å². The maximum Gasteiger partial charge on any atom is 0.341 e. The molecule has 1 unspecified atom stereocenters. The number of benzene rings is 4. The molecule has 0 saturated carbocycles. The van der Waals surface area contributed by atoms with E-state index in [2.05, 4.69) is 10.0 Å². The van der Waals surface area contributed by atoms with E-state index in [0.717, 1.165) is 22.9 Å². The van der Waals surface area contributed by atoms with Gasteiger partial charge in [-0.25, -0.2) is 13.2 Å². The van der Waals surface area contributed by atoms with E-state index in [1.165, 1.54) is 0 Å². The Bertz CT molecular complexity index is 1680. The summed E-state index contributed by atoms with van der Waals surface area (Å²) in [4.78, 5) is 12.3. The van der Waals surface area contributed by atoms with Crippen LogP contribution in [0, 0.1) is 0 Å². The highest BCUT2D eigenvalue weighted by atomic mass is 32.2. The summed E-state index contributed by atoms with van der Waals surface area (Å²) in [6.45, 7) is 5.66. The fourth-order valence-electron chi connectivity index (χ4n) is 4.59. The molecule has 1 atom stereocenters. The number of ether oxygens (including phenoxy) is 4. The Kier molecular flexibility index (Phi) is 12.4. The summed E-state index contributed by atoms with van der Waals surface area (Å²) in [6.07, 6.45) is 0.175. The van der Waals surface area contributed by atoms with Crippen LogP contribution < -0.4 is 24.2 Å². The van der Waals surface area contributed by atoms with Crippen molar-refractivity contribution in [2.75, 3.05) is 43.9 Å². The zero-order valence-electron chi connectivity index (χ0n) is 26.2. The molecule has 0 fully saturated rings. The minimum atomic E-state index is -3.57. The maximum atomic E-state index is 12.3. The van der Waals surface area contributed by atoms with Gasteiger partial charge in [0, 0.05) is 13.1 Å². The second kappa shape index (κ2) is 16.6. The Hall–Kier alpha value is -4.58. The molecule has 10 nitrogen and oxygen atoms in total. The number of rotatable bonds is 17. The molecular formula is C35H40N2O8S. The Morgan fingerprint density at radius 3 is 2.26 bits per heavy atom. The molecular weight excluding hydrogens is 608 g/mol. The topological polar surface area (TPSA) is 132 Å². The van der Waals surface area contributed by atoms with E-state index >= 15 is 0 Å². The number of nitrogens with one attached hydrogen (secondary N) is 2. The van der Waals surface area contributed by atoms with Crippen LogP contribution in [-0.2, 0) is 21.4 Å². The van der Waals surface area contributed by atoms with Gasteiger partial charge < -0.3 is 29.4 Å². The number of esters is 1. The molecule has 11 heteroatoms. The predicted octanol–water partition coefficient (Wildman–Crippen LogP) is 5.58. The Labute approximate surface area is 270 Å². The smallest absolute Gasteiger partial charge is 0.341 e. The van der Waals surface area contributed by atoms with Crippen LogP contribution in [0.25, 0.3) is 11.1 Å². The van der Waals surface area contributed by atoms with Crippen LogP contribution in [0.5, 0.6) is 17.2 Å². The zero-order valence-corrected chi connectivity index (χ0v) is 27.0. The van der Waals surface area contributed by atoms with Gasteiger partial charge in [0.2, 0.25) is 10.0 Å². The number of carbonyl (C=O) groups is 1. The summed E-state index contributed by atoms with van der Waals surface area (Å²) in [5.74, 6) is 1.10. The third kappa shape index (κ3) is 10.2. The van der Waals surface area contributed by atoms with Gasteiger partial charge in [0.05, 0.1) is 31.3 Å². The van der Waals surface area contributed by atoms with Crippen LogP contribution in [0.3, 0.4) is 0 Å². The van der Waals surface area contributed by atoms with E-state index in [0.29, 0.717) is 48.1 Å². The highest BCUT2D eigenvalue weighted by molar-refractivity contribution is 7.92. The average molecular weight is 649 g/mol. The van der Waals surface area contributed by atoms with Crippen LogP contribution in [0.4, 0.5) is 5.69 Å². The van der Waals surface area contributed by atoms with Gasteiger partial charge in [0.25, 0.3) is 0 Å². The molecule has 0 radical (unpaired) electrons. The lowest BCUT2D eigenvalue weighted by Gasteiger charge is -2.17. The first kappa shape index (κ1) is 34.3. The molecule has 4 rings (SSSR count). The second-order valence-corrected chi connectivity index (χ2v) is 12.1. The molecule has 0 bridgehead atoms. The summed E-state index contributed by atoms with van der Waals surface area (Å²) >= 11 is 0. The molecule has 0 aliphatic heterocycles. The first-order valence-corrected chi connectivity index (χ1v) is 16.9. The van der Waals surface area contributed by atoms with Crippen molar-refractivity contribution in [3.05, 3.63) is 108 Å². The van der Waals surface area contributed by atoms with Gasteiger partial charge in [0.1, 0.15) is 36.0 Å². The average Bonchev–Trinajstić information content (AvgIpc) is 3.04. The number of sulfonamides is 1. The number of hydrogen-bond donors (Lipinski definition) is 3. The molecule has 0 heterocycles. The third-order valence-corrected chi connectivity index (χ3v) is 7.36. The van der Waals surface area contributed by atoms with Crippen molar-refractivity contribution in [1.29, 1.82) is 0 Å². The Balaban J connectivity index is 1.28. The van der Waals surface area contributed by atoms with Gasteiger partial charge in [-0.1, -0.05) is 54.6 Å². The van der Waals surface area contributed by atoms with Gasteiger partial charge in [-0.05, 0) is 72.5 Å². The fourth-order valence-corrected chi connectivity index (χ4v) is 5.15. The van der Waals surface area contributed by atoms with Crippen LogP contribution >= 0.6 is 0 Å². The van der Waals surface area contributed by atoms with Crippen LogP contribution in [0.15, 0.2) is 91.0 Å². The quantitative estimate of drug-likeness (QED) is 0.0992. The number of hydrogen-bond acceptors (Lipinski definition) is 9. The number of aliphatic hydroxyl groups is 1. The molecule has 4 aromatic rings. The highest BCUT2D eigenvalue weighted by Crippen LogP contribution is 2.31. The van der Waals surface area contributed by atoms with E-state index in [1.807, 2.05) is 73.7 Å². The standard InChI is InChI=1S/C35H40N2O8S/c1-4-42-34-22-27(13-17-30(34)35(39)43-5-2)26-11-15-29(16-12-26)44-20-19-36-23-32(38)28-14-18-33(31(21-28)37-46(3,40)41)45-24-25-9-7-6-8-10-25/h6-18,21-22,32,36-38H,4-5,19-20,23-24H2,1-3H3. The van der Waals surface area contributed by atoms with Gasteiger partial charge in [-0.15, -0.1) is 0 Å². The summed E-state index contributed by atoms with van der Waals surface area (Å²) < 4.78 is 49.0. The van der Waals surface area contributed by atoms with Crippen LogP contribution in [0.2, 0.25) is 0 Å². The maximum absolute atomic E-state index is 12.3. The van der Waals surface area contributed by atoms with E-state index in [1.54, 1.807) is 31.2 Å². The lowest BCUT2D eigenvalue weighted by atomic mass is 10.0. The van der Waals surface area contributed by atoms with Crippen molar-refractivity contribution in [3.63, 3.8) is 0 Å². The largest absolute Gasteiger partial charge is 0.493 e. The Morgan fingerprint density at radius 2 is 1.57 bits per heavy atom. The number of aliphatic hydroxyl groups excluding tert-OH is 1. The molecule has 0 saturated heterocycles. The van der Waals surface area contributed by atoms with Gasteiger partial charge >= 0.3 is 5.97 Å². The molecule has 0 aliphatic rings. The van der Waals surface area contributed by atoms with E-state index in [-0.39, 0.29) is 25.4 Å². The lowest BCUT2D eigenvalue weighted by Crippen LogP contribution is -2.26. The van der Waals surface area contributed by atoms with Crippen molar-refractivity contribution in [2.24, 2.45) is 0 Å². The van der Waals surface area contributed by atoms with Crippen LogP contribution in [0.1, 0.15) is 41.4 Å². The van der Waals surface area contributed by atoms with E-state index < -0.39 is 22.1 Å². The normalized spacial score (nSPS) is 11.8. The summed E-state index contributed by atoms with van der Waals surface area (Å²) in [7, 11) is -3.57. The predicted molar refractivity (Wildman–Crippen MR) is 178 cm³/mol. The molecule has 0 aliphatic carbocycles. The van der Waals surface area contributed by atoms with Gasteiger partial charge in [-0.3, -0.25) is 4.72 Å². The fraction of sp³-hybridized carbons (Fsp3) is 0.286. The summed E-state index contributed by atoms with van der Waals surface area (Å²) in [6, 6.07) is 27.4. The first-order chi connectivity index (χ1) is 22.2. The second-order valence-electron chi connectivity index (χ2n) is 10.4. The molecule has 244 valence electrons. The molecule has 3 N–H and O–H groups in total. The number of anilines is 1. The molecule has 46 heavy (non-hydrogen) atoms. The molecule has 0 spiro atoms. The minimum Gasteiger partial charge on any atom is -0.493 e. The first-order valence-electron chi connectivity index (χ1n) is 15.0. The van der Waals surface area contributed by atoms with Gasteiger partial charge in [-0.2, -0.15) is 0 Å². The van der Waals surface area contributed by atoms with Crippen molar-refractivity contribution in [2.45, 2.75) is 26.6 Å². The molecule has 4 aromatic carbocycles. The van der Waals surface area contributed by atoms with E-state index in [9.17, 15) is 18.3 Å². The monoisotopic (exact) mass is 648 g/mol.